The first kappa shape index (κ1) is 14.7. The standard InChI is InChI=1S/C14H15Cl2NOS/c1-9(18)10-3-5-13(12(15)7-10)17(2)8-11-4-6-14(16)19-11/h3-7,9,18H,8H2,1-2H3/t9-/m0/s1. The van der Waals surface area contributed by atoms with Crippen molar-refractivity contribution >= 4 is 40.2 Å². The van der Waals surface area contributed by atoms with Crippen molar-refractivity contribution in [1.82, 2.24) is 0 Å². The first-order valence-corrected chi connectivity index (χ1v) is 7.47. The second-order valence-electron chi connectivity index (χ2n) is 4.45. The van der Waals surface area contributed by atoms with Crippen LogP contribution in [0.25, 0.3) is 0 Å². The molecule has 0 radical (unpaired) electrons. The molecule has 2 rings (SSSR count). The van der Waals surface area contributed by atoms with E-state index < -0.39 is 6.10 Å². The highest BCUT2D eigenvalue weighted by molar-refractivity contribution is 7.16. The number of aliphatic hydroxyl groups is 1. The van der Waals surface area contributed by atoms with E-state index in [2.05, 4.69) is 4.90 Å². The predicted octanol–water partition coefficient (Wildman–Crippen LogP) is 4.74. The Balaban J connectivity index is 2.17. The minimum Gasteiger partial charge on any atom is -0.389 e. The molecule has 0 aliphatic carbocycles. The van der Waals surface area contributed by atoms with Gasteiger partial charge in [0.05, 0.1) is 27.7 Å². The molecule has 19 heavy (non-hydrogen) atoms. The van der Waals surface area contributed by atoms with Gasteiger partial charge in [0.1, 0.15) is 0 Å². The summed E-state index contributed by atoms with van der Waals surface area (Å²) in [6.45, 7) is 2.48. The molecule has 0 saturated carbocycles. The summed E-state index contributed by atoms with van der Waals surface area (Å²) in [5.41, 5.74) is 1.76. The van der Waals surface area contributed by atoms with Crippen molar-refractivity contribution in [3.05, 3.63) is 50.1 Å². The summed E-state index contributed by atoms with van der Waals surface area (Å²) in [6.07, 6.45) is -0.507. The molecule has 0 bridgehead atoms. The van der Waals surface area contributed by atoms with Gasteiger partial charge < -0.3 is 10.0 Å². The van der Waals surface area contributed by atoms with Crippen molar-refractivity contribution in [2.45, 2.75) is 19.6 Å². The molecule has 2 aromatic rings. The quantitative estimate of drug-likeness (QED) is 0.880. The van der Waals surface area contributed by atoms with Crippen molar-refractivity contribution in [2.24, 2.45) is 0 Å². The van der Waals surface area contributed by atoms with Crippen molar-refractivity contribution in [3.63, 3.8) is 0 Å². The number of nitrogens with zero attached hydrogens (tertiary/aromatic N) is 1. The van der Waals surface area contributed by atoms with Gasteiger partial charge in [-0.15, -0.1) is 11.3 Å². The van der Waals surface area contributed by atoms with E-state index in [4.69, 9.17) is 23.2 Å². The van der Waals surface area contributed by atoms with E-state index >= 15 is 0 Å². The third kappa shape index (κ3) is 3.63. The molecule has 0 fully saturated rings. The zero-order valence-corrected chi connectivity index (χ0v) is 13.1. The smallest absolute Gasteiger partial charge is 0.0931 e. The summed E-state index contributed by atoms with van der Waals surface area (Å²) in [6, 6.07) is 9.54. The average molecular weight is 316 g/mol. The number of halogens is 2. The molecule has 0 aliphatic heterocycles. The summed E-state index contributed by atoms with van der Waals surface area (Å²) in [5.74, 6) is 0. The lowest BCUT2D eigenvalue weighted by atomic mass is 10.1. The van der Waals surface area contributed by atoms with Gasteiger partial charge in [0.2, 0.25) is 0 Å². The molecular weight excluding hydrogens is 301 g/mol. The van der Waals surface area contributed by atoms with E-state index in [9.17, 15) is 5.11 Å². The van der Waals surface area contributed by atoms with E-state index in [1.54, 1.807) is 24.3 Å². The topological polar surface area (TPSA) is 23.5 Å². The highest BCUT2D eigenvalue weighted by Crippen LogP contribution is 2.30. The summed E-state index contributed by atoms with van der Waals surface area (Å²) in [4.78, 5) is 3.25. The zero-order valence-electron chi connectivity index (χ0n) is 10.7. The Labute approximate surface area is 127 Å². The number of hydrogen-bond donors (Lipinski definition) is 1. The number of anilines is 1. The van der Waals surface area contributed by atoms with Crippen molar-refractivity contribution in [1.29, 1.82) is 0 Å². The number of thiophene rings is 1. The first-order valence-electron chi connectivity index (χ1n) is 5.90. The molecule has 1 aromatic heterocycles. The second kappa shape index (κ2) is 6.14. The SMILES string of the molecule is C[C@H](O)c1ccc(N(C)Cc2ccc(Cl)s2)c(Cl)c1. The fourth-order valence-corrected chi connectivity index (χ4v) is 3.32. The molecular formula is C14H15Cl2NOS. The third-order valence-corrected chi connectivity index (χ3v) is 4.41. The molecule has 1 aromatic carbocycles. The number of rotatable bonds is 4. The predicted molar refractivity (Wildman–Crippen MR) is 83.5 cm³/mol. The van der Waals surface area contributed by atoms with Gasteiger partial charge in [0.25, 0.3) is 0 Å². The van der Waals surface area contributed by atoms with Gasteiger partial charge in [-0.1, -0.05) is 29.3 Å². The number of hydrogen-bond acceptors (Lipinski definition) is 3. The Hall–Kier alpha value is -0.740. The van der Waals surface area contributed by atoms with Crippen LogP contribution in [0.4, 0.5) is 5.69 Å². The normalized spacial score (nSPS) is 12.5. The summed E-state index contributed by atoms with van der Waals surface area (Å²) in [7, 11) is 1.98. The summed E-state index contributed by atoms with van der Waals surface area (Å²) < 4.78 is 0.791. The Morgan fingerprint density at radius 2 is 2.00 bits per heavy atom. The molecule has 2 nitrogen and oxygen atoms in total. The van der Waals surface area contributed by atoms with Gasteiger partial charge in [-0.25, -0.2) is 0 Å². The van der Waals surface area contributed by atoms with Crippen LogP contribution in [0.15, 0.2) is 30.3 Å². The molecule has 102 valence electrons. The van der Waals surface area contributed by atoms with Crippen molar-refractivity contribution in [3.8, 4) is 0 Å². The average Bonchev–Trinajstić information content (AvgIpc) is 2.74. The molecule has 0 aliphatic rings. The van der Waals surface area contributed by atoms with E-state index in [1.165, 1.54) is 4.88 Å². The van der Waals surface area contributed by atoms with Gasteiger partial charge in [-0.3, -0.25) is 0 Å². The van der Waals surface area contributed by atoms with E-state index in [1.807, 2.05) is 31.3 Å². The van der Waals surface area contributed by atoms with Crippen LogP contribution in [0, 0.1) is 0 Å². The maximum Gasteiger partial charge on any atom is 0.0931 e. The van der Waals surface area contributed by atoms with Crippen LogP contribution in [0.5, 0.6) is 0 Å². The molecule has 5 heteroatoms. The van der Waals surface area contributed by atoms with Crippen LogP contribution < -0.4 is 4.90 Å². The second-order valence-corrected chi connectivity index (χ2v) is 6.66. The van der Waals surface area contributed by atoms with Crippen LogP contribution in [-0.4, -0.2) is 12.2 Å². The van der Waals surface area contributed by atoms with Gasteiger partial charge in [0, 0.05) is 11.9 Å². The first-order chi connectivity index (χ1) is 8.97. The maximum atomic E-state index is 9.53. The summed E-state index contributed by atoms with van der Waals surface area (Å²) in [5, 5.41) is 10.2. The monoisotopic (exact) mass is 315 g/mol. The van der Waals surface area contributed by atoms with Crippen LogP contribution >= 0.6 is 34.5 Å². The Morgan fingerprint density at radius 3 is 2.53 bits per heavy atom. The number of benzene rings is 1. The van der Waals surface area contributed by atoms with Gasteiger partial charge >= 0.3 is 0 Å². The Bertz CT molecular complexity index is 568. The lowest BCUT2D eigenvalue weighted by Crippen LogP contribution is -2.16. The summed E-state index contributed by atoms with van der Waals surface area (Å²) >= 11 is 13.8. The largest absolute Gasteiger partial charge is 0.389 e. The molecule has 1 heterocycles. The highest BCUT2D eigenvalue weighted by atomic mass is 35.5. The molecule has 0 amide bonds. The van der Waals surface area contributed by atoms with E-state index in [-0.39, 0.29) is 0 Å². The van der Waals surface area contributed by atoms with Gasteiger partial charge in [0.15, 0.2) is 0 Å². The van der Waals surface area contributed by atoms with E-state index in [0.29, 0.717) is 5.02 Å². The lowest BCUT2D eigenvalue weighted by molar-refractivity contribution is 0.199. The highest BCUT2D eigenvalue weighted by Gasteiger charge is 2.10. The fraction of sp³-hybridized carbons (Fsp3) is 0.286. The van der Waals surface area contributed by atoms with Crippen LogP contribution in [-0.2, 0) is 6.54 Å². The Kier molecular flexibility index (Phi) is 4.74. The number of aliphatic hydroxyl groups excluding tert-OH is 1. The molecule has 1 atom stereocenters. The maximum absolute atomic E-state index is 9.53. The zero-order chi connectivity index (χ0) is 14.0. The minimum absolute atomic E-state index is 0.507. The van der Waals surface area contributed by atoms with Crippen molar-refractivity contribution in [2.75, 3.05) is 11.9 Å². The molecule has 1 N–H and O–H groups in total. The lowest BCUT2D eigenvalue weighted by Gasteiger charge is -2.20. The molecule has 0 spiro atoms. The fourth-order valence-electron chi connectivity index (χ4n) is 1.85. The third-order valence-electron chi connectivity index (χ3n) is 2.89. The van der Waals surface area contributed by atoms with Gasteiger partial charge in [-0.05, 0) is 36.8 Å². The van der Waals surface area contributed by atoms with E-state index in [0.717, 1.165) is 22.1 Å². The molecule has 0 saturated heterocycles. The van der Waals surface area contributed by atoms with Crippen LogP contribution in [0.3, 0.4) is 0 Å². The van der Waals surface area contributed by atoms with Crippen molar-refractivity contribution < 1.29 is 5.11 Å². The van der Waals surface area contributed by atoms with Gasteiger partial charge in [-0.2, -0.15) is 0 Å². The molecule has 0 unspecified atom stereocenters. The Morgan fingerprint density at radius 1 is 1.26 bits per heavy atom. The van der Waals surface area contributed by atoms with Crippen LogP contribution in [0.2, 0.25) is 9.36 Å². The minimum atomic E-state index is -0.507. The van der Waals surface area contributed by atoms with Crippen LogP contribution in [0.1, 0.15) is 23.5 Å².